The van der Waals surface area contributed by atoms with Crippen molar-refractivity contribution in [2.24, 2.45) is 0 Å². The van der Waals surface area contributed by atoms with Gasteiger partial charge in [0.05, 0.1) is 4.92 Å². The number of nitro groups is 1. The number of hydrogen-bond donors (Lipinski definition) is 0. The van der Waals surface area contributed by atoms with Gasteiger partial charge in [0.1, 0.15) is 12.0 Å². The van der Waals surface area contributed by atoms with Crippen molar-refractivity contribution in [1.29, 1.82) is 0 Å². The second kappa shape index (κ2) is 7.70. The number of pyridine rings is 1. The summed E-state index contributed by atoms with van der Waals surface area (Å²) in [5.41, 5.74) is 1.25. The van der Waals surface area contributed by atoms with Gasteiger partial charge < -0.3 is 4.90 Å². The summed E-state index contributed by atoms with van der Waals surface area (Å²) in [4.78, 5) is 19.0. The molecule has 24 heavy (non-hydrogen) atoms. The van der Waals surface area contributed by atoms with Crippen molar-refractivity contribution in [1.82, 2.24) is 9.88 Å². The summed E-state index contributed by atoms with van der Waals surface area (Å²) in [6, 6.07) is 13.5. The predicted molar refractivity (Wildman–Crippen MR) is 95.0 cm³/mol. The minimum Gasteiger partial charge on any atom is -0.354 e. The number of piperazine rings is 1. The Labute approximate surface area is 141 Å². The van der Waals surface area contributed by atoms with E-state index in [9.17, 15) is 10.1 Å². The molecule has 6 nitrogen and oxygen atoms in total. The van der Waals surface area contributed by atoms with Crippen LogP contribution in [0.25, 0.3) is 6.08 Å². The van der Waals surface area contributed by atoms with Crippen LogP contribution in [0.1, 0.15) is 5.56 Å². The second-order valence-electron chi connectivity index (χ2n) is 5.73. The lowest BCUT2D eigenvalue weighted by Gasteiger charge is -2.34. The van der Waals surface area contributed by atoms with Crippen LogP contribution < -0.4 is 4.90 Å². The highest BCUT2D eigenvalue weighted by Crippen LogP contribution is 2.17. The molecule has 0 atom stereocenters. The molecule has 2 heterocycles. The first-order chi connectivity index (χ1) is 11.7. The molecular formula is C18H20N4O2. The van der Waals surface area contributed by atoms with Crippen LogP contribution in [-0.2, 0) is 0 Å². The number of hydrogen-bond acceptors (Lipinski definition) is 5. The highest BCUT2D eigenvalue weighted by atomic mass is 16.6. The first kappa shape index (κ1) is 16.1. The highest BCUT2D eigenvalue weighted by Gasteiger charge is 2.17. The monoisotopic (exact) mass is 324 g/mol. The number of nitrogens with zero attached hydrogens (tertiary/aromatic N) is 4. The molecule has 1 aromatic heterocycles. The molecule has 1 fully saturated rings. The zero-order valence-electron chi connectivity index (χ0n) is 13.4. The summed E-state index contributed by atoms with van der Waals surface area (Å²) in [6.45, 7) is 4.60. The zero-order chi connectivity index (χ0) is 16.8. The molecule has 1 aliphatic rings. The van der Waals surface area contributed by atoms with E-state index in [4.69, 9.17) is 0 Å². The largest absolute Gasteiger partial charge is 0.354 e. The maximum Gasteiger partial charge on any atom is 0.287 e. The van der Waals surface area contributed by atoms with Gasteiger partial charge in [0.15, 0.2) is 0 Å². The average molecular weight is 324 g/mol. The van der Waals surface area contributed by atoms with E-state index in [-0.39, 0.29) is 5.69 Å². The second-order valence-corrected chi connectivity index (χ2v) is 5.73. The minimum absolute atomic E-state index is 0.0310. The van der Waals surface area contributed by atoms with E-state index >= 15 is 0 Å². The van der Waals surface area contributed by atoms with E-state index in [1.165, 1.54) is 17.8 Å². The molecule has 0 radical (unpaired) electrons. The number of benzene rings is 1. The molecule has 2 aromatic rings. The molecule has 124 valence electrons. The summed E-state index contributed by atoms with van der Waals surface area (Å²) in [7, 11) is 0. The minimum atomic E-state index is -0.423. The van der Waals surface area contributed by atoms with E-state index in [0.29, 0.717) is 0 Å². The van der Waals surface area contributed by atoms with Crippen LogP contribution in [0.5, 0.6) is 0 Å². The van der Waals surface area contributed by atoms with Crippen LogP contribution in [0.3, 0.4) is 0 Å². The summed E-state index contributed by atoms with van der Waals surface area (Å²) >= 11 is 0. The van der Waals surface area contributed by atoms with Crippen molar-refractivity contribution in [3.05, 3.63) is 70.4 Å². The Bertz CT molecular complexity index is 693. The lowest BCUT2D eigenvalue weighted by molar-refractivity contribution is -0.385. The Morgan fingerprint density at radius 1 is 1.08 bits per heavy atom. The molecule has 0 bridgehead atoms. The number of anilines is 1. The molecule has 0 saturated carbocycles. The topological polar surface area (TPSA) is 62.5 Å². The molecule has 0 aliphatic carbocycles. The van der Waals surface area contributed by atoms with Gasteiger partial charge in [-0.1, -0.05) is 42.5 Å². The van der Waals surface area contributed by atoms with Crippen LogP contribution in [-0.4, -0.2) is 47.5 Å². The lowest BCUT2D eigenvalue weighted by atomic mass is 10.2. The smallest absolute Gasteiger partial charge is 0.287 e. The van der Waals surface area contributed by atoms with Crippen molar-refractivity contribution < 1.29 is 4.92 Å². The number of rotatable bonds is 5. The SMILES string of the molecule is O=[N+]([O-])c1ccc(N2CCN(CC=Cc3ccccc3)CC2)nc1. The van der Waals surface area contributed by atoms with Crippen LogP contribution in [0.2, 0.25) is 0 Å². The average Bonchev–Trinajstić information content (AvgIpc) is 2.63. The van der Waals surface area contributed by atoms with E-state index in [1.54, 1.807) is 6.07 Å². The summed E-state index contributed by atoms with van der Waals surface area (Å²) in [6.07, 6.45) is 5.66. The first-order valence-corrected chi connectivity index (χ1v) is 8.02. The van der Waals surface area contributed by atoms with Crippen LogP contribution in [0, 0.1) is 10.1 Å². The van der Waals surface area contributed by atoms with Crippen molar-refractivity contribution in [3.8, 4) is 0 Å². The van der Waals surface area contributed by atoms with Gasteiger partial charge in [-0.15, -0.1) is 0 Å². The summed E-state index contributed by atoms with van der Waals surface area (Å²) in [5, 5.41) is 10.7. The Morgan fingerprint density at radius 2 is 1.83 bits per heavy atom. The third kappa shape index (κ3) is 4.17. The Kier molecular flexibility index (Phi) is 5.18. The molecule has 3 rings (SSSR count). The van der Waals surface area contributed by atoms with Gasteiger partial charge in [-0.25, -0.2) is 4.98 Å². The van der Waals surface area contributed by atoms with Gasteiger partial charge in [-0.2, -0.15) is 0 Å². The fourth-order valence-corrected chi connectivity index (χ4v) is 2.73. The molecule has 0 unspecified atom stereocenters. The van der Waals surface area contributed by atoms with Crippen molar-refractivity contribution in [2.45, 2.75) is 0 Å². The molecule has 0 amide bonds. The molecule has 1 saturated heterocycles. The van der Waals surface area contributed by atoms with Gasteiger partial charge in [-0.3, -0.25) is 15.0 Å². The first-order valence-electron chi connectivity index (χ1n) is 8.02. The van der Waals surface area contributed by atoms with E-state index in [0.717, 1.165) is 38.5 Å². The van der Waals surface area contributed by atoms with Crippen LogP contribution in [0.15, 0.2) is 54.7 Å². The van der Waals surface area contributed by atoms with Gasteiger partial charge >= 0.3 is 0 Å². The third-order valence-corrected chi connectivity index (χ3v) is 4.11. The van der Waals surface area contributed by atoms with E-state index < -0.39 is 4.92 Å². The van der Waals surface area contributed by atoms with Gasteiger partial charge in [0.25, 0.3) is 5.69 Å². The number of aromatic nitrogens is 1. The standard InChI is InChI=1S/C18H20N4O2/c23-22(24)17-8-9-18(19-15-17)21-13-11-20(12-14-21)10-4-7-16-5-2-1-3-6-16/h1-9,15H,10-14H2. The van der Waals surface area contributed by atoms with Gasteiger partial charge in [0, 0.05) is 38.8 Å². The molecule has 0 N–H and O–H groups in total. The van der Waals surface area contributed by atoms with Crippen LogP contribution in [0.4, 0.5) is 11.5 Å². The fourth-order valence-electron chi connectivity index (χ4n) is 2.73. The maximum atomic E-state index is 10.7. The molecule has 1 aromatic carbocycles. The van der Waals surface area contributed by atoms with E-state index in [2.05, 4.69) is 39.1 Å². The van der Waals surface area contributed by atoms with Crippen molar-refractivity contribution in [3.63, 3.8) is 0 Å². The molecule has 1 aliphatic heterocycles. The quantitative estimate of drug-likeness (QED) is 0.625. The summed E-state index contributed by atoms with van der Waals surface area (Å²) < 4.78 is 0. The van der Waals surface area contributed by atoms with Gasteiger partial charge in [-0.05, 0) is 11.6 Å². The lowest BCUT2D eigenvalue weighted by Crippen LogP contribution is -2.46. The Morgan fingerprint density at radius 3 is 2.46 bits per heavy atom. The van der Waals surface area contributed by atoms with Crippen LogP contribution >= 0.6 is 0 Å². The highest BCUT2D eigenvalue weighted by molar-refractivity contribution is 5.49. The molecule has 6 heteroatoms. The Balaban J connectivity index is 1.48. The predicted octanol–water partition coefficient (Wildman–Crippen LogP) is 2.83. The fraction of sp³-hybridized carbons (Fsp3) is 0.278. The maximum absolute atomic E-state index is 10.7. The van der Waals surface area contributed by atoms with Gasteiger partial charge in [0.2, 0.25) is 0 Å². The third-order valence-electron chi connectivity index (χ3n) is 4.11. The van der Waals surface area contributed by atoms with Crippen molar-refractivity contribution >= 4 is 17.6 Å². The normalized spacial score (nSPS) is 15.8. The molecular weight excluding hydrogens is 304 g/mol. The Hall–Kier alpha value is -2.73. The van der Waals surface area contributed by atoms with E-state index in [1.807, 2.05) is 18.2 Å². The summed E-state index contributed by atoms with van der Waals surface area (Å²) in [5.74, 6) is 0.806. The zero-order valence-corrected chi connectivity index (χ0v) is 13.4. The molecule has 0 spiro atoms. The van der Waals surface area contributed by atoms with Crippen molar-refractivity contribution in [2.75, 3.05) is 37.6 Å².